The number of hydrogen-bond donors (Lipinski definition) is 2. The van der Waals surface area contributed by atoms with Gasteiger partial charge in [-0.1, -0.05) is 79.9 Å². The first-order valence-electron chi connectivity index (χ1n) is 13.2. The highest BCUT2D eigenvalue weighted by molar-refractivity contribution is 5.98. The summed E-state index contributed by atoms with van der Waals surface area (Å²) in [6, 6.07) is 19.1. The van der Waals surface area contributed by atoms with Gasteiger partial charge in [-0.2, -0.15) is 0 Å². The van der Waals surface area contributed by atoms with Crippen LogP contribution < -0.4 is 0 Å². The zero-order valence-electron chi connectivity index (χ0n) is 20.9. The van der Waals surface area contributed by atoms with Crippen LogP contribution >= 0.6 is 0 Å². The summed E-state index contributed by atoms with van der Waals surface area (Å²) in [6.07, 6.45) is 5.46. The van der Waals surface area contributed by atoms with E-state index in [-0.39, 0.29) is 31.1 Å². The predicted octanol–water partition coefficient (Wildman–Crippen LogP) is 4.46. The standard InChI is InChI=1S/C29H34N4O4/c34-25-15-9-3-8-14-24(25)33-20-30-26(27(33)22-12-6-2-7-13-22)28(35)32-17-16-31(29(36)37)19-23(32)18-21-10-4-1-5-11-21/h1-2,4-7,10-13,20,23-25,34H,3,8-9,14-19H2,(H,36,37)/t23-,24?,25?/m1/s1. The maximum atomic E-state index is 14.1. The fourth-order valence-electron chi connectivity index (χ4n) is 5.74. The molecule has 0 spiro atoms. The molecule has 2 fully saturated rings. The quantitative estimate of drug-likeness (QED) is 0.502. The van der Waals surface area contributed by atoms with Crippen LogP contribution in [0.3, 0.4) is 0 Å². The summed E-state index contributed by atoms with van der Waals surface area (Å²) < 4.78 is 2.00. The minimum Gasteiger partial charge on any atom is -0.465 e. The van der Waals surface area contributed by atoms with E-state index in [0.717, 1.165) is 48.9 Å². The zero-order chi connectivity index (χ0) is 25.8. The number of carboxylic acid groups (broad SMARTS) is 1. The number of aromatic nitrogens is 2. The van der Waals surface area contributed by atoms with Gasteiger partial charge in [-0.05, 0) is 24.8 Å². The van der Waals surface area contributed by atoms with Crippen LogP contribution in [0, 0.1) is 0 Å². The highest BCUT2D eigenvalue weighted by Crippen LogP contribution is 2.34. The number of piperazine rings is 1. The lowest BCUT2D eigenvalue weighted by Crippen LogP contribution is -2.57. The normalized spacial score (nSPS) is 22.5. The van der Waals surface area contributed by atoms with Gasteiger partial charge < -0.3 is 24.6 Å². The van der Waals surface area contributed by atoms with Crippen LogP contribution in [0.25, 0.3) is 11.3 Å². The second-order valence-corrected chi connectivity index (χ2v) is 10.1. The average molecular weight is 503 g/mol. The second-order valence-electron chi connectivity index (χ2n) is 10.1. The summed E-state index contributed by atoms with van der Waals surface area (Å²) in [7, 11) is 0. The molecule has 2 amide bonds. The second kappa shape index (κ2) is 11.2. The Bertz CT molecular complexity index is 1210. The summed E-state index contributed by atoms with van der Waals surface area (Å²) in [5.74, 6) is -0.202. The Kier molecular flexibility index (Phi) is 7.55. The van der Waals surface area contributed by atoms with Crippen molar-refractivity contribution in [2.75, 3.05) is 19.6 Å². The van der Waals surface area contributed by atoms with Crippen molar-refractivity contribution >= 4 is 12.0 Å². The zero-order valence-corrected chi connectivity index (χ0v) is 20.9. The average Bonchev–Trinajstić information content (AvgIpc) is 3.24. The number of benzene rings is 2. The molecule has 1 aliphatic heterocycles. The van der Waals surface area contributed by atoms with Gasteiger partial charge in [0.05, 0.1) is 30.2 Å². The Morgan fingerprint density at radius 1 is 0.919 bits per heavy atom. The first kappa shape index (κ1) is 25.0. The van der Waals surface area contributed by atoms with E-state index < -0.39 is 12.2 Å². The van der Waals surface area contributed by atoms with Crippen LogP contribution in [0.1, 0.15) is 54.2 Å². The van der Waals surface area contributed by atoms with E-state index in [1.807, 2.05) is 65.2 Å². The molecule has 1 aliphatic carbocycles. The van der Waals surface area contributed by atoms with E-state index in [2.05, 4.69) is 4.98 Å². The Labute approximate surface area is 217 Å². The number of hydrogen-bond acceptors (Lipinski definition) is 4. The Hall–Kier alpha value is -3.65. The molecule has 8 nitrogen and oxygen atoms in total. The molecule has 0 radical (unpaired) electrons. The molecular formula is C29H34N4O4. The number of rotatable bonds is 5. The molecule has 194 valence electrons. The molecule has 2 aliphatic rings. The molecule has 5 rings (SSSR count). The molecule has 2 heterocycles. The smallest absolute Gasteiger partial charge is 0.407 e. The van der Waals surface area contributed by atoms with Crippen LogP contribution in [0.5, 0.6) is 0 Å². The van der Waals surface area contributed by atoms with Gasteiger partial charge in [-0.3, -0.25) is 4.79 Å². The topological polar surface area (TPSA) is 98.9 Å². The van der Waals surface area contributed by atoms with Gasteiger partial charge in [0.1, 0.15) is 0 Å². The fraction of sp³-hybridized carbons (Fsp3) is 0.414. The van der Waals surface area contributed by atoms with Crippen molar-refractivity contribution in [3.05, 3.63) is 78.2 Å². The predicted molar refractivity (Wildman–Crippen MR) is 140 cm³/mol. The molecule has 2 aromatic carbocycles. The largest absolute Gasteiger partial charge is 0.465 e. The maximum absolute atomic E-state index is 14.1. The summed E-state index contributed by atoms with van der Waals surface area (Å²) in [5.41, 5.74) is 3.00. The molecule has 37 heavy (non-hydrogen) atoms. The highest BCUT2D eigenvalue weighted by Gasteiger charge is 2.36. The first-order chi connectivity index (χ1) is 18.0. The van der Waals surface area contributed by atoms with Crippen LogP contribution in [0.15, 0.2) is 67.0 Å². The van der Waals surface area contributed by atoms with Crippen LogP contribution in [0.4, 0.5) is 4.79 Å². The van der Waals surface area contributed by atoms with Crippen molar-refractivity contribution in [1.82, 2.24) is 19.4 Å². The summed E-state index contributed by atoms with van der Waals surface area (Å²) >= 11 is 0. The van der Waals surface area contributed by atoms with Crippen LogP contribution in [0.2, 0.25) is 0 Å². The van der Waals surface area contributed by atoms with Crippen molar-refractivity contribution in [1.29, 1.82) is 0 Å². The van der Waals surface area contributed by atoms with E-state index >= 15 is 0 Å². The van der Waals surface area contributed by atoms with E-state index in [1.165, 1.54) is 4.90 Å². The maximum Gasteiger partial charge on any atom is 0.407 e. The summed E-state index contributed by atoms with van der Waals surface area (Å²) in [5, 5.41) is 20.6. The van der Waals surface area contributed by atoms with E-state index in [4.69, 9.17) is 0 Å². The Morgan fingerprint density at radius 3 is 2.35 bits per heavy atom. The Morgan fingerprint density at radius 2 is 1.62 bits per heavy atom. The molecule has 0 bridgehead atoms. The highest BCUT2D eigenvalue weighted by atomic mass is 16.4. The van der Waals surface area contributed by atoms with Gasteiger partial charge in [0.25, 0.3) is 5.91 Å². The number of aliphatic hydroxyl groups is 1. The number of amides is 2. The number of carbonyl (C=O) groups is 2. The van der Waals surface area contributed by atoms with Crippen molar-refractivity contribution in [3.63, 3.8) is 0 Å². The summed E-state index contributed by atoms with van der Waals surface area (Å²) in [6.45, 7) is 0.809. The van der Waals surface area contributed by atoms with E-state index in [0.29, 0.717) is 18.7 Å². The molecule has 8 heteroatoms. The molecule has 1 aromatic heterocycles. The number of nitrogens with zero attached hydrogens (tertiary/aromatic N) is 4. The monoisotopic (exact) mass is 502 g/mol. The van der Waals surface area contributed by atoms with Gasteiger partial charge in [0.15, 0.2) is 5.69 Å². The molecule has 1 saturated carbocycles. The van der Waals surface area contributed by atoms with Gasteiger partial charge in [-0.15, -0.1) is 0 Å². The molecule has 2 unspecified atom stereocenters. The van der Waals surface area contributed by atoms with Crippen molar-refractivity contribution < 1.29 is 19.8 Å². The molecule has 3 atom stereocenters. The van der Waals surface area contributed by atoms with Gasteiger partial charge in [-0.25, -0.2) is 9.78 Å². The van der Waals surface area contributed by atoms with E-state index in [1.54, 1.807) is 11.2 Å². The van der Waals surface area contributed by atoms with Gasteiger partial charge in [0.2, 0.25) is 0 Å². The van der Waals surface area contributed by atoms with Gasteiger partial charge >= 0.3 is 6.09 Å². The minimum atomic E-state index is -0.971. The minimum absolute atomic E-state index is 0.143. The lowest BCUT2D eigenvalue weighted by atomic mass is 10.0. The van der Waals surface area contributed by atoms with E-state index in [9.17, 15) is 19.8 Å². The third-order valence-electron chi connectivity index (χ3n) is 7.67. The lowest BCUT2D eigenvalue weighted by molar-refractivity contribution is 0.0446. The summed E-state index contributed by atoms with van der Waals surface area (Å²) in [4.78, 5) is 33.7. The van der Waals surface area contributed by atoms with Crippen molar-refractivity contribution in [3.8, 4) is 11.3 Å². The SMILES string of the molecule is O=C(O)N1CCN(C(=O)c2ncn(C3CCCCCC3O)c2-c2ccccc2)[C@H](Cc2ccccc2)C1. The number of carbonyl (C=O) groups excluding carboxylic acids is 1. The number of aliphatic hydroxyl groups excluding tert-OH is 1. The Balaban J connectivity index is 1.52. The third-order valence-corrected chi connectivity index (χ3v) is 7.67. The van der Waals surface area contributed by atoms with Crippen molar-refractivity contribution in [2.24, 2.45) is 0 Å². The fourth-order valence-corrected chi connectivity index (χ4v) is 5.74. The molecule has 2 N–H and O–H groups in total. The molecule has 3 aromatic rings. The van der Waals surface area contributed by atoms with Crippen LogP contribution in [-0.4, -0.2) is 73.3 Å². The first-order valence-corrected chi connectivity index (χ1v) is 13.2. The van der Waals surface area contributed by atoms with Crippen LogP contribution in [-0.2, 0) is 6.42 Å². The van der Waals surface area contributed by atoms with Crippen molar-refractivity contribution in [2.45, 2.75) is 56.7 Å². The lowest BCUT2D eigenvalue weighted by Gasteiger charge is -2.40. The van der Waals surface area contributed by atoms with Gasteiger partial charge in [0, 0.05) is 25.2 Å². The molecular weight excluding hydrogens is 468 g/mol. The number of imidazole rings is 1. The third kappa shape index (κ3) is 5.39. The molecule has 1 saturated heterocycles.